The largest absolute Gasteiger partial charge is 0.399 e. The highest BCUT2D eigenvalue weighted by Crippen LogP contribution is 2.63. The third-order valence-electron chi connectivity index (χ3n) is 11.5. The molecule has 2 aliphatic carbocycles. The highest BCUT2D eigenvalue weighted by molar-refractivity contribution is 5.96. The van der Waals surface area contributed by atoms with E-state index >= 15 is 0 Å². The van der Waals surface area contributed by atoms with Crippen LogP contribution in [0, 0.1) is 0 Å². The van der Waals surface area contributed by atoms with Crippen LogP contribution in [-0.2, 0) is 5.41 Å². The molecule has 2 N–H and O–H groups in total. The van der Waals surface area contributed by atoms with Crippen molar-refractivity contribution < 1.29 is 0 Å². The Balaban J connectivity index is 0.973. The van der Waals surface area contributed by atoms with Crippen LogP contribution in [0.4, 0.5) is 5.69 Å². The predicted octanol–water partition coefficient (Wildman–Crippen LogP) is 12.1. The van der Waals surface area contributed by atoms with Crippen molar-refractivity contribution in [1.82, 2.24) is 15.0 Å². The van der Waals surface area contributed by atoms with Gasteiger partial charge in [0.1, 0.15) is 0 Å². The van der Waals surface area contributed by atoms with Gasteiger partial charge in [-0.15, -0.1) is 0 Å². The molecule has 0 saturated carbocycles. The van der Waals surface area contributed by atoms with Crippen molar-refractivity contribution in [1.29, 1.82) is 0 Å². The number of hydrogen-bond acceptors (Lipinski definition) is 4. The smallest absolute Gasteiger partial charge is 0.164 e. The van der Waals surface area contributed by atoms with Crippen molar-refractivity contribution in [3.05, 3.63) is 216 Å². The van der Waals surface area contributed by atoms with E-state index < -0.39 is 0 Å². The van der Waals surface area contributed by atoms with Gasteiger partial charge in [-0.25, -0.2) is 15.0 Å². The number of nitrogen functional groups attached to an aromatic ring is 1. The molecule has 262 valence electrons. The SMILES string of the molecule is Nc1ccc2c(c1)-c1cc(-c3ccc(-c4cccc(-c5nc(-c6ccccc6)nc(-c6ccccc6)n5)c4)cc3)ccc1C21c2ccccc2-c2ccccc21. The van der Waals surface area contributed by atoms with E-state index in [9.17, 15) is 0 Å². The summed E-state index contributed by atoms with van der Waals surface area (Å²) in [5, 5.41) is 0. The van der Waals surface area contributed by atoms with Gasteiger partial charge in [0.05, 0.1) is 5.41 Å². The standard InChI is InChI=1S/C52H34N4/c53-40-27-29-48-44(32-40)43-31-38(26-28-47(43)52(48)45-20-9-7-18-41(45)42-19-8-10-21-46(42)52)34-24-22-33(23-25-34)37-16-11-17-39(30-37)51-55-49(35-12-3-1-4-13-35)54-50(56-51)36-14-5-2-6-15-36/h1-32H,53H2. The number of anilines is 1. The third kappa shape index (κ3) is 4.89. The van der Waals surface area contributed by atoms with Gasteiger partial charge in [-0.3, -0.25) is 0 Å². The summed E-state index contributed by atoms with van der Waals surface area (Å²) in [6.45, 7) is 0. The summed E-state index contributed by atoms with van der Waals surface area (Å²) in [5.74, 6) is 1.94. The van der Waals surface area contributed by atoms with E-state index in [-0.39, 0.29) is 5.41 Å². The Hall–Kier alpha value is -7.43. The maximum Gasteiger partial charge on any atom is 0.164 e. The molecule has 4 nitrogen and oxygen atoms in total. The topological polar surface area (TPSA) is 64.7 Å². The first-order valence-corrected chi connectivity index (χ1v) is 19.0. The average molecular weight is 715 g/mol. The molecule has 0 radical (unpaired) electrons. The van der Waals surface area contributed by atoms with Crippen LogP contribution in [0.15, 0.2) is 194 Å². The Morgan fingerprint density at radius 3 is 1.29 bits per heavy atom. The zero-order chi connectivity index (χ0) is 37.2. The molecule has 1 heterocycles. The molecule has 1 spiro atoms. The first-order valence-electron chi connectivity index (χ1n) is 19.0. The van der Waals surface area contributed by atoms with Gasteiger partial charge in [0, 0.05) is 22.4 Å². The molecule has 0 amide bonds. The monoisotopic (exact) mass is 714 g/mol. The van der Waals surface area contributed by atoms with E-state index in [2.05, 4.69) is 133 Å². The van der Waals surface area contributed by atoms with Crippen LogP contribution >= 0.6 is 0 Å². The van der Waals surface area contributed by atoms with Crippen LogP contribution in [0.25, 0.3) is 78.7 Å². The second-order valence-corrected chi connectivity index (χ2v) is 14.6. The lowest BCUT2D eigenvalue weighted by molar-refractivity contribution is 0.794. The molecule has 11 rings (SSSR count). The summed E-state index contributed by atoms with van der Waals surface area (Å²) in [7, 11) is 0. The molecular formula is C52H34N4. The summed E-state index contributed by atoms with van der Waals surface area (Å²) >= 11 is 0. The zero-order valence-corrected chi connectivity index (χ0v) is 30.4. The second kappa shape index (κ2) is 12.6. The van der Waals surface area contributed by atoms with Crippen LogP contribution in [0.1, 0.15) is 22.3 Å². The molecule has 4 heteroatoms. The lowest BCUT2D eigenvalue weighted by atomic mass is 9.70. The van der Waals surface area contributed by atoms with Gasteiger partial charge in [0.2, 0.25) is 0 Å². The minimum absolute atomic E-state index is 0.388. The predicted molar refractivity (Wildman–Crippen MR) is 228 cm³/mol. The van der Waals surface area contributed by atoms with Gasteiger partial charge in [-0.2, -0.15) is 0 Å². The zero-order valence-electron chi connectivity index (χ0n) is 30.4. The molecule has 0 saturated heterocycles. The van der Waals surface area contributed by atoms with Crippen LogP contribution in [0.2, 0.25) is 0 Å². The molecular weight excluding hydrogens is 681 g/mol. The fourth-order valence-corrected chi connectivity index (χ4v) is 8.98. The van der Waals surface area contributed by atoms with Crippen LogP contribution in [0.5, 0.6) is 0 Å². The van der Waals surface area contributed by atoms with E-state index in [0.29, 0.717) is 17.5 Å². The first-order chi connectivity index (χ1) is 27.6. The maximum absolute atomic E-state index is 6.49. The molecule has 8 aromatic carbocycles. The Morgan fingerprint density at radius 1 is 0.286 bits per heavy atom. The molecule has 0 bridgehead atoms. The van der Waals surface area contributed by atoms with Gasteiger partial charge < -0.3 is 5.73 Å². The Labute approximate surface area is 325 Å². The lowest BCUT2D eigenvalue weighted by Crippen LogP contribution is -2.25. The van der Waals surface area contributed by atoms with Gasteiger partial charge in [0.15, 0.2) is 17.5 Å². The van der Waals surface area contributed by atoms with E-state index in [1.54, 1.807) is 0 Å². The minimum Gasteiger partial charge on any atom is -0.399 e. The van der Waals surface area contributed by atoms with E-state index in [4.69, 9.17) is 20.7 Å². The first kappa shape index (κ1) is 32.0. The number of rotatable bonds is 5. The van der Waals surface area contributed by atoms with Crippen molar-refractivity contribution in [2.24, 2.45) is 0 Å². The van der Waals surface area contributed by atoms with Gasteiger partial charge in [0.25, 0.3) is 0 Å². The second-order valence-electron chi connectivity index (χ2n) is 14.6. The quantitative estimate of drug-likeness (QED) is 0.180. The highest BCUT2D eigenvalue weighted by Gasteiger charge is 2.51. The Morgan fingerprint density at radius 2 is 0.696 bits per heavy atom. The van der Waals surface area contributed by atoms with Crippen LogP contribution in [0.3, 0.4) is 0 Å². The number of aromatic nitrogens is 3. The molecule has 0 aliphatic heterocycles. The van der Waals surface area contributed by atoms with E-state index in [0.717, 1.165) is 39.1 Å². The number of benzene rings is 8. The van der Waals surface area contributed by atoms with Crippen molar-refractivity contribution in [3.63, 3.8) is 0 Å². The number of fused-ring (bicyclic) bond motifs is 10. The molecule has 9 aromatic rings. The fraction of sp³-hybridized carbons (Fsp3) is 0.0192. The molecule has 2 aliphatic rings. The van der Waals surface area contributed by atoms with Crippen LogP contribution < -0.4 is 5.73 Å². The normalized spacial score (nSPS) is 12.9. The summed E-state index contributed by atoms with van der Waals surface area (Å²) < 4.78 is 0. The number of nitrogens with zero attached hydrogens (tertiary/aromatic N) is 3. The average Bonchev–Trinajstić information content (AvgIpc) is 3.73. The molecule has 1 aromatic heterocycles. The van der Waals surface area contributed by atoms with Crippen molar-refractivity contribution >= 4 is 5.69 Å². The number of nitrogens with two attached hydrogens (primary N) is 1. The summed E-state index contributed by atoms with van der Waals surface area (Å²) in [5.41, 5.74) is 24.5. The van der Waals surface area contributed by atoms with Gasteiger partial charge >= 0.3 is 0 Å². The summed E-state index contributed by atoms with van der Waals surface area (Å²) in [4.78, 5) is 14.8. The van der Waals surface area contributed by atoms with Crippen molar-refractivity contribution in [3.8, 4) is 78.7 Å². The van der Waals surface area contributed by atoms with E-state index in [1.807, 2.05) is 60.7 Å². The summed E-state index contributed by atoms with van der Waals surface area (Å²) in [6, 6.07) is 68.7. The van der Waals surface area contributed by atoms with Gasteiger partial charge in [-0.1, -0.05) is 170 Å². The van der Waals surface area contributed by atoms with Gasteiger partial charge in [-0.05, 0) is 91.0 Å². The summed E-state index contributed by atoms with van der Waals surface area (Å²) in [6.07, 6.45) is 0. The minimum atomic E-state index is -0.388. The molecule has 0 fully saturated rings. The molecule has 0 unspecified atom stereocenters. The molecule has 56 heavy (non-hydrogen) atoms. The van der Waals surface area contributed by atoms with Crippen LogP contribution in [-0.4, -0.2) is 15.0 Å². The highest BCUT2D eigenvalue weighted by atomic mass is 15.0. The van der Waals surface area contributed by atoms with Crippen molar-refractivity contribution in [2.45, 2.75) is 5.41 Å². The lowest BCUT2D eigenvalue weighted by Gasteiger charge is -2.30. The van der Waals surface area contributed by atoms with Crippen molar-refractivity contribution in [2.75, 3.05) is 5.73 Å². The third-order valence-corrected chi connectivity index (χ3v) is 11.5. The Kier molecular flexibility index (Phi) is 7.20. The number of hydrogen-bond donors (Lipinski definition) is 1. The van der Waals surface area contributed by atoms with E-state index in [1.165, 1.54) is 50.1 Å². The Bertz CT molecular complexity index is 2870. The molecule has 0 atom stereocenters. The maximum atomic E-state index is 6.49. The fourth-order valence-electron chi connectivity index (χ4n) is 8.98.